The van der Waals surface area contributed by atoms with Gasteiger partial charge in [0.2, 0.25) is 0 Å². The predicted molar refractivity (Wildman–Crippen MR) is 83.2 cm³/mol. The highest BCUT2D eigenvalue weighted by Crippen LogP contribution is 2.23. The molecule has 5 heteroatoms. The van der Waals surface area contributed by atoms with E-state index in [-0.39, 0.29) is 5.70 Å². The summed E-state index contributed by atoms with van der Waals surface area (Å²) < 4.78 is 0. The fourth-order valence-electron chi connectivity index (χ4n) is 1.81. The number of rotatable bonds is 3. The van der Waals surface area contributed by atoms with Crippen LogP contribution in [0, 0.1) is 11.3 Å². The lowest BCUT2D eigenvalue weighted by Gasteiger charge is -2.07. The fraction of sp³-hybridized carbons (Fsp3) is 0. The van der Waals surface area contributed by atoms with Crippen molar-refractivity contribution < 1.29 is 0 Å². The van der Waals surface area contributed by atoms with Crippen molar-refractivity contribution in [2.24, 2.45) is 11.6 Å². The van der Waals surface area contributed by atoms with Crippen LogP contribution in [0.2, 0.25) is 0 Å². The van der Waals surface area contributed by atoms with E-state index < -0.39 is 0 Å². The number of hydrogen-bond acceptors (Lipinski definition) is 5. The van der Waals surface area contributed by atoms with Crippen molar-refractivity contribution in [1.82, 2.24) is 5.43 Å². The van der Waals surface area contributed by atoms with Gasteiger partial charge >= 0.3 is 0 Å². The summed E-state index contributed by atoms with van der Waals surface area (Å²) in [5, 5.41) is 8.88. The monoisotopic (exact) mass is 282 g/mol. The van der Waals surface area contributed by atoms with Crippen LogP contribution in [0.25, 0.3) is 16.8 Å². The Labute approximate surface area is 123 Å². The Balaban J connectivity index is 2.34. The lowest BCUT2D eigenvalue weighted by Crippen LogP contribution is -2.23. The summed E-state index contributed by atoms with van der Waals surface area (Å²) in [5.41, 5.74) is 11.5. The summed E-state index contributed by atoms with van der Waals surface area (Å²) in [5.74, 6) is 5.24. The van der Waals surface area contributed by atoms with Gasteiger partial charge in [-0.1, -0.05) is 36.4 Å². The normalized spacial score (nSPS) is 11.4. The van der Waals surface area contributed by atoms with Crippen LogP contribution in [0.15, 0.2) is 59.1 Å². The Morgan fingerprint density at radius 2 is 1.50 bits per heavy atom. The van der Waals surface area contributed by atoms with E-state index in [9.17, 15) is 0 Å². The van der Waals surface area contributed by atoms with Crippen molar-refractivity contribution in [2.45, 2.75) is 4.90 Å². The lowest BCUT2D eigenvalue weighted by molar-refractivity contribution is 0.920. The smallest absolute Gasteiger partial charge is 0.151 e. The summed E-state index contributed by atoms with van der Waals surface area (Å²) >= 11 is 4.26. The van der Waals surface area contributed by atoms with Gasteiger partial charge in [-0.25, -0.2) is 5.84 Å². The zero-order chi connectivity index (χ0) is 14.5. The van der Waals surface area contributed by atoms with E-state index in [4.69, 9.17) is 16.8 Å². The van der Waals surface area contributed by atoms with Crippen LogP contribution in [0.5, 0.6) is 0 Å². The molecule has 0 atom stereocenters. The number of nitrogens with one attached hydrogen (secondary N) is 1. The van der Waals surface area contributed by atoms with Crippen LogP contribution in [0.4, 0.5) is 0 Å². The van der Waals surface area contributed by atoms with E-state index in [0.717, 1.165) is 21.6 Å². The highest BCUT2D eigenvalue weighted by molar-refractivity contribution is 7.80. The maximum Gasteiger partial charge on any atom is 0.151 e. The maximum absolute atomic E-state index is 8.88. The van der Waals surface area contributed by atoms with Crippen molar-refractivity contribution in [1.29, 1.82) is 5.26 Å². The molecule has 0 spiro atoms. The third-order valence-electron chi connectivity index (χ3n) is 2.92. The molecule has 2 aromatic carbocycles. The fourth-order valence-corrected chi connectivity index (χ4v) is 1.96. The van der Waals surface area contributed by atoms with Crippen LogP contribution in [-0.4, -0.2) is 0 Å². The Kier molecular flexibility index (Phi) is 4.31. The van der Waals surface area contributed by atoms with Crippen LogP contribution < -0.4 is 17.0 Å². The molecule has 0 amide bonds. The molecule has 0 aliphatic heterocycles. The van der Waals surface area contributed by atoms with Gasteiger partial charge in [0.05, 0.1) is 5.70 Å². The second kappa shape index (κ2) is 6.15. The molecule has 2 aromatic rings. The minimum atomic E-state index is 0.150. The van der Waals surface area contributed by atoms with Gasteiger partial charge in [-0.15, -0.1) is 12.6 Å². The second-order valence-corrected chi connectivity index (χ2v) is 4.69. The van der Waals surface area contributed by atoms with E-state index in [1.165, 1.54) is 0 Å². The highest BCUT2D eigenvalue weighted by Gasteiger charge is 2.05. The number of thiol groups is 1. The van der Waals surface area contributed by atoms with Gasteiger partial charge in [-0.3, -0.25) is 0 Å². The topological polar surface area (TPSA) is 87.9 Å². The summed E-state index contributed by atoms with van der Waals surface area (Å²) in [6, 6.07) is 17.4. The number of hydrazine groups is 1. The van der Waals surface area contributed by atoms with Gasteiger partial charge in [0.25, 0.3) is 0 Å². The van der Waals surface area contributed by atoms with Gasteiger partial charge in [0.15, 0.2) is 5.70 Å². The standard InChI is InChI=1S/C15H14N4S/c16-9-14(19-18)15(17)12-3-1-10(2-4-12)11-5-7-13(20)8-6-11/h1-8,19-20H,17-18H2/b15-14-. The highest BCUT2D eigenvalue weighted by atomic mass is 32.1. The number of nitrogens with zero attached hydrogens (tertiary/aromatic N) is 1. The molecule has 0 aromatic heterocycles. The van der Waals surface area contributed by atoms with Gasteiger partial charge in [0, 0.05) is 10.5 Å². The number of nitriles is 1. The minimum absolute atomic E-state index is 0.150. The third-order valence-corrected chi connectivity index (χ3v) is 3.22. The summed E-state index contributed by atoms with van der Waals surface area (Å²) in [4.78, 5) is 0.922. The summed E-state index contributed by atoms with van der Waals surface area (Å²) in [6.07, 6.45) is 0. The van der Waals surface area contributed by atoms with Gasteiger partial charge in [0.1, 0.15) is 6.07 Å². The molecule has 0 unspecified atom stereocenters. The molecule has 0 bridgehead atoms. The van der Waals surface area contributed by atoms with E-state index in [1.54, 1.807) is 0 Å². The molecule has 20 heavy (non-hydrogen) atoms. The second-order valence-electron chi connectivity index (χ2n) is 4.17. The van der Waals surface area contributed by atoms with E-state index in [2.05, 4.69) is 18.1 Å². The largest absolute Gasteiger partial charge is 0.396 e. The first-order valence-electron chi connectivity index (χ1n) is 5.92. The quantitative estimate of drug-likeness (QED) is 0.301. The molecule has 4 nitrogen and oxygen atoms in total. The van der Waals surface area contributed by atoms with Crippen LogP contribution >= 0.6 is 12.6 Å². The Hall–Kier alpha value is -2.42. The first-order chi connectivity index (χ1) is 9.65. The molecule has 0 aliphatic carbocycles. The van der Waals surface area contributed by atoms with Crippen LogP contribution in [0.1, 0.15) is 5.56 Å². The first-order valence-corrected chi connectivity index (χ1v) is 6.36. The predicted octanol–water partition coefficient (Wildman–Crippen LogP) is 2.26. The van der Waals surface area contributed by atoms with Crippen molar-refractivity contribution in [3.05, 3.63) is 59.8 Å². The van der Waals surface area contributed by atoms with Gasteiger partial charge in [-0.2, -0.15) is 5.26 Å². The molecule has 0 saturated carbocycles. The van der Waals surface area contributed by atoms with Gasteiger partial charge in [-0.05, 0) is 23.3 Å². The van der Waals surface area contributed by atoms with Crippen LogP contribution in [-0.2, 0) is 0 Å². The third kappa shape index (κ3) is 2.94. The van der Waals surface area contributed by atoms with Crippen molar-refractivity contribution in [2.75, 3.05) is 0 Å². The zero-order valence-electron chi connectivity index (χ0n) is 10.7. The average Bonchev–Trinajstić information content (AvgIpc) is 2.49. The molecule has 0 saturated heterocycles. The molecule has 0 fully saturated rings. The van der Waals surface area contributed by atoms with E-state index in [1.807, 2.05) is 54.6 Å². The summed E-state index contributed by atoms with van der Waals surface area (Å²) in [7, 11) is 0. The molecular weight excluding hydrogens is 268 g/mol. The molecule has 0 aliphatic rings. The molecule has 100 valence electrons. The zero-order valence-corrected chi connectivity index (χ0v) is 11.6. The number of nitrogens with two attached hydrogens (primary N) is 2. The average molecular weight is 282 g/mol. The molecule has 2 rings (SSSR count). The molecule has 0 radical (unpaired) electrons. The SMILES string of the molecule is N#C/C(NN)=C(/N)c1ccc(-c2ccc(S)cc2)cc1. The lowest BCUT2D eigenvalue weighted by atomic mass is 10.0. The Morgan fingerprint density at radius 1 is 1.00 bits per heavy atom. The Bertz CT molecular complexity index is 667. The minimum Gasteiger partial charge on any atom is -0.396 e. The van der Waals surface area contributed by atoms with Crippen molar-refractivity contribution >= 4 is 18.3 Å². The van der Waals surface area contributed by atoms with E-state index in [0.29, 0.717) is 5.70 Å². The molecule has 0 heterocycles. The molecule has 5 N–H and O–H groups in total. The summed E-state index contributed by atoms with van der Waals surface area (Å²) in [6.45, 7) is 0. The van der Waals surface area contributed by atoms with Gasteiger partial charge < -0.3 is 11.2 Å². The maximum atomic E-state index is 8.88. The van der Waals surface area contributed by atoms with Crippen molar-refractivity contribution in [3.8, 4) is 17.2 Å². The van der Waals surface area contributed by atoms with E-state index >= 15 is 0 Å². The number of allylic oxidation sites excluding steroid dienone is 1. The van der Waals surface area contributed by atoms with Crippen LogP contribution in [0.3, 0.4) is 0 Å². The molecular formula is C15H14N4S. The number of hydrogen-bond donors (Lipinski definition) is 4. The van der Waals surface area contributed by atoms with Crippen molar-refractivity contribution in [3.63, 3.8) is 0 Å². The Morgan fingerprint density at radius 3 is 1.95 bits per heavy atom. The first kappa shape index (κ1) is 14.0. The number of benzene rings is 2.